The van der Waals surface area contributed by atoms with Crippen molar-refractivity contribution in [3.8, 4) is 0 Å². The Bertz CT molecular complexity index is 621. The van der Waals surface area contributed by atoms with Gasteiger partial charge in [0.25, 0.3) is 0 Å². The van der Waals surface area contributed by atoms with Gasteiger partial charge in [0.1, 0.15) is 5.82 Å². The summed E-state index contributed by atoms with van der Waals surface area (Å²) in [6, 6.07) is 4.44. The predicted molar refractivity (Wildman–Crippen MR) is 95.0 cm³/mol. The second-order valence-corrected chi connectivity index (χ2v) is 6.27. The molecule has 2 aromatic rings. The molecule has 120 valence electrons. The van der Waals surface area contributed by atoms with Gasteiger partial charge in [0, 0.05) is 26.1 Å². The maximum atomic E-state index is 4.91. The van der Waals surface area contributed by atoms with Gasteiger partial charge in [-0.2, -0.15) is 0 Å². The van der Waals surface area contributed by atoms with Crippen LogP contribution in [0.4, 0.5) is 11.4 Å². The average Bonchev–Trinajstić information content (AvgIpc) is 2.99. The molecule has 4 nitrogen and oxygen atoms in total. The van der Waals surface area contributed by atoms with Crippen molar-refractivity contribution in [3.05, 3.63) is 18.0 Å². The molecule has 1 aliphatic rings. The lowest BCUT2D eigenvalue weighted by Crippen LogP contribution is -2.22. The number of imidazole rings is 1. The smallest absolute Gasteiger partial charge is 0.110 e. The number of H-pyrrole nitrogens is 1. The molecule has 1 aliphatic carbocycles. The van der Waals surface area contributed by atoms with E-state index >= 15 is 0 Å². The molecule has 3 rings (SSSR count). The van der Waals surface area contributed by atoms with Crippen LogP contribution in [0.1, 0.15) is 57.7 Å². The van der Waals surface area contributed by atoms with Crippen LogP contribution in [-0.4, -0.2) is 30.1 Å². The van der Waals surface area contributed by atoms with E-state index in [0.717, 1.165) is 24.1 Å². The summed E-state index contributed by atoms with van der Waals surface area (Å²) >= 11 is 0. The van der Waals surface area contributed by atoms with Gasteiger partial charge in [0.2, 0.25) is 0 Å². The zero-order valence-electron chi connectivity index (χ0n) is 14.1. The van der Waals surface area contributed by atoms with Gasteiger partial charge in [-0.15, -0.1) is 0 Å². The number of nitrogens with one attached hydrogen (secondary N) is 2. The number of hydrogen-bond acceptors (Lipinski definition) is 3. The predicted octanol–water partition coefficient (Wildman–Crippen LogP) is 4.50. The summed E-state index contributed by atoms with van der Waals surface area (Å²) in [4.78, 5) is 10.9. The molecule has 0 aliphatic heterocycles. The quantitative estimate of drug-likeness (QED) is 0.854. The molecule has 0 bridgehead atoms. The number of anilines is 2. The number of aromatic nitrogens is 2. The van der Waals surface area contributed by atoms with Crippen LogP contribution in [0.3, 0.4) is 0 Å². The first-order chi connectivity index (χ1) is 10.8. The largest absolute Gasteiger partial charge is 0.386 e. The molecule has 1 heterocycles. The second kappa shape index (κ2) is 6.59. The van der Waals surface area contributed by atoms with Crippen molar-refractivity contribution in [3.63, 3.8) is 0 Å². The van der Waals surface area contributed by atoms with E-state index in [1.165, 1.54) is 49.3 Å². The second-order valence-electron chi connectivity index (χ2n) is 6.27. The number of nitrogens with zero attached hydrogens (tertiary/aromatic N) is 2. The van der Waals surface area contributed by atoms with Crippen LogP contribution in [0, 0.1) is 0 Å². The van der Waals surface area contributed by atoms with E-state index in [1.807, 2.05) is 7.05 Å². The van der Waals surface area contributed by atoms with Crippen LogP contribution in [-0.2, 0) is 0 Å². The van der Waals surface area contributed by atoms with E-state index in [4.69, 9.17) is 4.98 Å². The summed E-state index contributed by atoms with van der Waals surface area (Å²) in [6.45, 7) is 6.42. The lowest BCUT2D eigenvalue weighted by molar-refractivity contribution is 0.431. The molecule has 2 N–H and O–H groups in total. The Kier molecular flexibility index (Phi) is 4.55. The van der Waals surface area contributed by atoms with Crippen molar-refractivity contribution in [2.45, 2.75) is 51.9 Å². The third-order valence-corrected chi connectivity index (χ3v) is 4.98. The molecule has 0 saturated heterocycles. The van der Waals surface area contributed by atoms with Crippen LogP contribution in [0.15, 0.2) is 12.1 Å². The first kappa shape index (κ1) is 15.2. The summed E-state index contributed by atoms with van der Waals surface area (Å²) in [5, 5.41) is 3.34. The molecule has 1 aromatic heterocycles. The van der Waals surface area contributed by atoms with Crippen LogP contribution in [0.2, 0.25) is 0 Å². The fourth-order valence-electron chi connectivity index (χ4n) is 3.66. The molecule has 0 spiro atoms. The van der Waals surface area contributed by atoms with Crippen molar-refractivity contribution in [2.24, 2.45) is 0 Å². The summed E-state index contributed by atoms with van der Waals surface area (Å²) in [5.41, 5.74) is 4.68. The molecular formula is C18H28N4. The molecular weight excluding hydrogens is 272 g/mol. The van der Waals surface area contributed by atoms with Crippen molar-refractivity contribution in [1.29, 1.82) is 0 Å². The van der Waals surface area contributed by atoms with Gasteiger partial charge < -0.3 is 15.2 Å². The van der Waals surface area contributed by atoms with Gasteiger partial charge in [0.05, 0.1) is 22.4 Å². The number of aromatic amines is 1. The third kappa shape index (κ3) is 2.79. The van der Waals surface area contributed by atoms with Crippen LogP contribution >= 0.6 is 0 Å². The van der Waals surface area contributed by atoms with Crippen LogP contribution < -0.4 is 10.2 Å². The van der Waals surface area contributed by atoms with E-state index in [0.29, 0.717) is 5.92 Å². The Hall–Kier alpha value is -1.71. The Labute approximate surface area is 133 Å². The first-order valence-electron chi connectivity index (χ1n) is 8.73. The number of fused-ring (bicyclic) bond motifs is 1. The van der Waals surface area contributed by atoms with Gasteiger partial charge in [-0.25, -0.2) is 4.98 Å². The standard InChI is InChI=1S/C18H28N4/c1-4-22(5-2)17-12-15-14(11-16(17)19-3)20-18(21-15)13-9-7-6-8-10-13/h11-13,19H,4-10H2,1-3H3,(H,20,21). The van der Waals surface area contributed by atoms with Crippen molar-refractivity contribution >= 4 is 22.4 Å². The fraction of sp³-hybridized carbons (Fsp3) is 0.611. The van der Waals surface area contributed by atoms with Gasteiger partial charge >= 0.3 is 0 Å². The van der Waals surface area contributed by atoms with Crippen molar-refractivity contribution in [1.82, 2.24) is 9.97 Å². The summed E-state index contributed by atoms with van der Waals surface area (Å²) in [6.07, 6.45) is 6.62. The zero-order valence-corrected chi connectivity index (χ0v) is 14.1. The summed E-state index contributed by atoms with van der Waals surface area (Å²) in [7, 11) is 1.99. The zero-order chi connectivity index (χ0) is 15.5. The van der Waals surface area contributed by atoms with E-state index in [9.17, 15) is 0 Å². The molecule has 1 saturated carbocycles. The summed E-state index contributed by atoms with van der Waals surface area (Å²) in [5.74, 6) is 1.81. The van der Waals surface area contributed by atoms with E-state index < -0.39 is 0 Å². The molecule has 1 aromatic carbocycles. The van der Waals surface area contributed by atoms with Gasteiger partial charge in [-0.3, -0.25) is 0 Å². The van der Waals surface area contributed by atoms with Gasteiger partial charge in [-0.05, 0) is 38.8 Å². The van der Waals surface area contributed by atoms with Crippen molar-refractivity contribution < 1.29 is 0 Å². The highest BCUT2D eigenvalue weighted by molar-refractivity contribution is 5.88. The molecule has 22 heavy (non-hydrogen) atoms. The van der Waals surface area contributed by atoms with E-state index in [1.54, 1.807) is 0 Å². The van der Waals surface area contributed by atoms with E-state index in [2.05, 4.69) is 41.2 Å². The maximum Gasteiger partial charge on any atom is 0.110 e. The minimum atomic E-state index is 0.621. The highest BCUT2D eigenvalue weighted by atomic mass is 15.1. The Balaban J connectivity index is 2.00. The third-order valence-electron chi connectivity index (χ3n) is 4.98. The minimum absolute atomic E-state index is 0.621. The monoisotopic (exact) mass is 300 g/mol. The minimum Gasteiger partial charge on any atom is -0.386 e. The molecule has 0 atom stereocenters. The Morgan fingerprint density at radius 3 is 2.55 bits per heavy atom. The van der Waals surface area contributed by atoms with E-state index in [-0.39, 0.29) is 0 Å². The molecule has 1 fully saturated rings. The highest BCUT2D eigenvalue weighted by Crippen LogP contribution is 2.35. The lowest BCUT2D eigenvalue weighted by Gasteiger charge is -2.23. The molecule has 0 radical (unpaired) electrons. The maximum absolute atomic E-state index is 4.91. The highest BCUT2D eigenvalue weighted by Gasteiger charge is 2.20. The van der Waals surface area contributed by atoms with Crippen molar-refractivity contribution in [2.75, 3.05) is 30.4 Å². The number of rotatable bonds is 5. The number of hydrogen-bond donors (Lipinski definition) is 2. The summed E-state index contributed by atoms with van der Waals surface area (Å²) < 4.78 is 0. The Morgan fingerprint density at radius 1 is 1.18 bits per heavy atom. The topological polar surface area (TPSA) is 44.0 Å². The molecule has 0 unspecified atom stereocenters. The lowest BCUT2D eigenvalue weighted by atomic mass is 9.89. The molecule has 4 heteroatoms. The Morgan fingerprint density at radius 2 is 1.91 bits per heavy atom. The van der Waals surface area contributed by atoms with Gasteiger partial charge in [-0.1, -0.05) is 19.3 Å². The molecule has 0 amide bonds. The first-order valence-corrected chi connectivity index (χ1v) is 8.73. The van der Waals surface area contributed by atoms with Crippen LogP contribution in [0.25, 0.3) is 11.0 Å². The van der Waals surface area contributed by atoms with Crippen LogP contribution in [0.5, 0.6) is 0 Å². The average molecular weight is 300 g/mol. The normalized spacial score (nSPS) is 16.1. The SMILES string of the molecule is CCN(CC)c1cc2nc(C3CCCCC3)[nH]c2cc1NC. The fourth-order valence-corrected chi connectivity index (χ4v) is 3.66. The van der Waals surface area contributed by atoms with Gasteiger partial charge in [0.15, 0.2) is 0 Å². The number of benzene rings is 1.